The molecule has 4 nitrogen and oxygen atoms in total. The van der Waals surface area contributed by atoms with Gasteiger partial charge in [-0.15, -0.1) is 0 Å². The number of aliphatic carboxylic acids is 1. The van der Waals surface area contributed by atoms with E-state index in [1.54, 1.807) is 43.0 Å². The molecule has 0 aliphatic rings. The number of hydrogen-bond acceptors (Lipinski definition) is 4. The first kappa shape index (κ1) is 15.9. The number of rotatable bonds is 8. The van der Waals surface area contributed by atoms with Crippen LogP contribution in [0.5, 0.6) is 5.75 Å². The molecule has 2 atom stereocenters. The van der Waals surface area contributed by atoms with Crippen LogP contribution in [0.15, 0.2) is 24.3 Å². The van der Waals surface area contributed by atoms with E-state index in [-0.39, 0.29) is 17.8 Å². The molecule has 0 aromatic heterocycles. The van der Waals surface area contributed by atoms with Gasteiger partial charge in [0.05, 0.1) is 19.1 Å². The molecular weight excluding hydrogens is 264 g/mol. The Kier molecular flexibility index (Phi) is 6.73. The lowest BCUT2D eigenvalue weighted by molar-refractivity contribution is -0.136. The van der Waals surface area contributed by atoms with Gasteiger partial charge in [0, 0.05) is 11.0 Å². The van der Waals surface area contributed by atoms with E-state index in [0.29, 0.717) is 6.61 Å². The van der Waals surface area contributed by atoms with Crippen molar-refractivity contribution in [1.82, 2.24) is 0 Å². The molecule has 2 N–H and O–H groups in total. The average Bonchev–Trinajstić information content (AvgIpc) is 2.35. The summed E-state index contributed by atoms with van der Waals surface area (Å²) in [5.41, 5.74) is 0.761. The third-order valence-electron chi connectivity index (χ3n) is 2.69. The second-order valence-electron chi connectivity index (χ2n) is 4.38. The van der Waals surface area contributed by atoms with Gasteiger partial charge in [-0.2, -0.15) is 11.8 Å². The molecule has 0 spiro atoms. The van der Waals surface area contributed by atoms with E-state index in [4.69, 9.17) is 9.84 Å². The molecule has 0 amide bonds. The number of benzene rings is 1. The second-order valence-corrected chi connectivity index (χ2v) is 5.86. The number of carboxylic acids is 1. The Morgan fingerprint density at radius 3 is 2.47 bits per heavy atom. The lowest BCUT2D eigenvalue weighted by Gasteiger charge is -2.14. The molecule has 0 aliphatic carbocycles. The summed E-state index contributed by atoms with van der Waals surface area (Å²) in [6, 6.07) is 7.08. The predicted molar refractivity (Wildman–Crippen MR) is 76.9 cm³/mol. The van der Waals surface area contributed by atoms with Gasteiger partial charge >= 0.3 is 5.97 Å². The average molecular weight is 284 g/mol. The summed E-state index contributed by atoms with van der Waals surface area (Å²) < 4.78 is 5.55. The topological polar surface area (TPSA) is 66.8 Å². The first-order valence-corrected chi connectivity index (χ1v) is 7.27. The summed E-state index contributed by atoms with van der Waals surface area (Å²) in [4.78, 5) is 10.5. The molecule has 1 rings (SSSR count). The summed E-state index contributed by atoms with van der Waals surface area (Å²) >= 11 is 1.66. The number of aliphatic hydroxyl groups excluding tert-OH is 1. The minimum absolute atomic E-state index is 0.0298. The Morgan fingerprint density at radius 1 is 1.32 bits per heavy atom. The van der Waals surface area contributed by atoms with Crippen molar-refractivity contribution in [2.75, 3.05) is 12.4 Å². The molecule has 0 saturated carbocycles. The SMILES string of the molecule is CC(O)C(C)SCCOc1ccc(CC(=O)O)cc1. The maximum Gasteiger partial charge on any atom is 0.307 e. The van der Waals surface area contributed by atoms with E-state index in [1.807, 2.05) is 6.92 Å². The molecule has 0 heterocycles. The number of thioether (sulfide) groups is 1. The largest absolute Gasteiger partial charge is 0.493 e. The fourth-order valence-corrected chi connectivity index (χ4v) is 2.24. The van der Waals surface area contributed by atoms with Gasteiger partial charge in [0.1, 0.15) is 5.75 Å². The van der Waals surface area contributed by atoms with Crippen LogP contribution >= 0.6 is 11.8 Å². The fourth-order valence-electron chi connectivity index (χ4n) is 1.41. The van der Waals surface area contributed by atoms with Crippen molar-refractivity contribution in [3.8, 4) is 5.75 Å². The van der Waals surface area contributed by atoms with Gasteiger partial charge in [0.25, 0.3) is 0 Å². The van der Waals surface area contributed by atoms with Crippen LogP contribution in [-0.4, -0.2) is 39.9 Å². The molecule has 5 heteroatoms. The van der Waals surface area contributed by atoms with Crippen molar-refractivity contribution < 1.29 is 19.7 Å². The van der Waals surface area contributed by atoms with E-state index < -0.39 is 5.97 Å². The Labute approximate surface area is 117 Å². The molecule has 106 valence electrons. The summed E-state index contributed by atoms with van der Waals surface area (Å²) in [7, 11) is 0. The highest BCUT2D eigenvalue weighted by molar-refractivity contribution is 7.99. The summed E-state index contributed by atoms with van der Waals surface area (Å²) in [5.74, 6) is 0.708. The number of hydrogen-bond donors (Lipinski definition) is 2. The lowest BCUT2D eigenvalue weighted by Crippen LogP contribution is -2.17. The zero-order valence-electron chi connectivity index (χ0n) is 11.2. The van der Waals surface area contributed by atoms with Gasteiger partial charge in [-0.1, -0.05) is 19.1 Å². The lowest BCUT2D eigenvalue weighted by atomic mass is 10.1. The van der Waals surface area contributed by atoms with Gasteiger partial charge in [0.15, 0.2) is 0 Å². The van der Waals surface area contributed by atoms with E-state index in [2.05, 4.69) is 0 Å². The van der Waals surface area contributed by atoms with E-state index in [0.717, 1.165) is 17.1 Å². The third-order valence-corrected chi connectivity index (χ3v) is 4.01. The van der Waals surface area contributed by atoms with Crippen LogP contribution in [0.3, 0.4) is 0 Å². The minimum Gasteiger partial charge on any atom is -0.493 e. The van der Waals surface area contributed by atoms with Crippen LogP contribution in [-0.2, 0) is 11.2 Å². The van der Waals surface area contributed by atoms with Crippen LogP contribution in [0, 0.1) is 0 Å². The van der Waals surface area contributed by atoms with Gasteiger partial charge in [-0.05, 0) is 24.6 Å². The van der Waals surface area contributed by atoms with Crippen LogP contribution in [0.1, 0.15) is 19.4 Å². The van der Waals surface area contributed by atoms with E-state index in [9.17, 15) is 9.90 Å². The Bertz CT molecular complexity index is 389. The Morgan fingerprint density at radius 2 is 1.95 bits per heavy atom. The van der Waals surface area contributed by atoms with Crippen molar-refractivity contribution in [1.29, 1.82) is 0 Å². The molecule has 19 heavy (non-hydrogen) atoms. The van der Waals surface area contributed by atoms with E-state index in [1.165, 1.54) is 0 Å². The highest BCUT2D eigenvalue weighted by atomic mass is 32.2. The highest BCUT2D eigenvalue weighted by Crippen LogP contribution is 2.16. The smallest absolute Gasteiger partial charge is 0.307 e. The number of carboxylic acid groups (broad SMARTS) is 1. The van der Waals surface area contributed by atoms with Gasteiger partial charge < -0.3 is 14.9 Å². The van der Waals surface area contributed by atoms with Gasteiger partial charge in [-0.3, -0.25) is 4.79 Å². The van der Waals surface area contributed by atoms with Crippen molar-refractivity contribution >= 4 is 17.7 Å². The van der Waals surface area contributed by atoms with E-state index >= 15 is 0 Å². The first-order valence-electron chi connectivity index (χ1n) is 6.22. The number of ether oxygens (including phenoxy) is 1. The molecule has 0 fully saturated rings. The van der Waals surface area contributed by atoms with Crippen LogP contribution in [0.2, 0.25) is 0 Å². The maximum absolute atomic E-state index is 10.5. The summed E-state index contributed by atoms with van der Waals surface area (Å²) in [5, 5.41) is 18.2. The maximum atomic E-state index is 10.5. The molecule has 0 radical (unpaired) electrons. The van der Waals surface area contributed by atoms with Crippen LogP contribution in [0.25, 0.3) is 0 Å². The molecular formula is C14H20O4S. The fraction of sp³-hybridized carbons (Fsp3) is 0.500. The quantitative estimate of drug-likeness (QED) is 0.716. The molecule has 0 aliphatic heterocycles. The summed E-state index contributed by atoms with van der Waals surface area (Å²) in [6.45, 7) is 4.33. The summed E-state index contributed by atoms with van der Waals surface area (Å²) in [6.07, 6.45) is -0.289. The minimum atomic E-state index is -0.836. The molecule has 2 unspecified atom stereocenters. The third kappa shape index (κ3) is 6.50. The first-order chi connectivity index (χ1) is 8.99. The molecule has 1 aromatic rings. The number of aliphatic hydroxyl groups is 1. The van der Waals surface area contributed by atoms with Crippen molar-refractivity contribution in [3.05, 3.63) is 29.8 Å². The second kappa shape index (κ2) is 8.07. The van der Waals surface area contributed by atoms with Gasteiger partial charge in [-0.25, -0.2) is 0 Å². The normalized spacial score (nSPS) is 13.8. The van der Waals surface area contributed by atoms with Crippen LogP contribution in [0.4, 0.5) is 0 Å². The zero-order chi connectivity index (χ0) is 14.3. The van der Waals surface area contributed by atoms with Gasteiger partial charge in [0.2, 0.25) is 0 Å². The van der Waals surface area contributed by atoms with Crippen molar-refractivity contribution in [3.63, 3.8) is 0 Å². The standard InChI is InChI=1S/C14H20O4S/c1-10(15)11(2)19-8-7-18-13-5-3-12(4-6-13)9-14(16)17/h3-6,10-11,15H,7-9H2,1-2H3,(H,16,17). The highest BCUT2D eigenvalue weighted by Gasteiger charge is 2.08. The molecule has 1 aromatic carbocycles. The van der Waals surface area contributed by atoms with Crippen molar-refractivity contribution in [2.45, 2.75) is 31.6 Å². The van der Waals surface area contributed by atoms with Crippen molar-refractivity contribution in [2.24, 2.45) is 0 Å². The predicted octanol–water partition coefficient (Wildman–Crippen LogP) is 2.20. The Balaban J connectivity index is 2.28. The number of carbonyl (C=O) groups is 1. The molecule has 0 saturated heterocycles. The zero-order valence-corrected chi connectivity index (χ0v) is 12.0. The monoisotopic (exact) mass is 284 g/mol. The van der Waals surface area contributed by atoms with Crippen LogP contribution < -0.4 is 4.74 Å². The molecule has 0 bridgehead atoms. The Hall–Kier alpha value is -1.20.